The highest BCUT2D eigenvalue weighted by molar-refractivity contribution is 6.05. The maximum Gasteiger partial charge on any atom is 0.254 e. The highest BCUT2D eigenvalue weighted by Crippen LogP contribution is 2.22. The van der Waals surface area contributed by atoms with E-state index in [1.165, 1.54) is 0 Å². The van der Waals surface area contributed by atoms with Gasteiger partial charge in [0.1, 0.15) is 0 Å². The molecule has 2 heterocycles. The predicted molar refractivity (Wildman–Crippen MR) is 92.3 cm³/mol. The zero-order valence-corrected chi connectivity index (χ0v) is 15.1. The quantitative estimate of drug-likeness (QED) is 0.739. The van der Waals surface area contributed by atoms with Gasteiger partial charge in [-0.25, -0.2) is 9.67 Å². The molecule has 0 atom stereocenters. The lowest BCUT2D eigenvalue weighted by molar-refractivity contribution is 0.0629. The number of aryl methyl sites for hydroxylation is 1. The molecule has 1 amide bonds. The van der Waals surface area contributed by atoms with Crippen LogP contribution in [-0.2, 0) is 9.47 Å². The summed E-state index contributed by atoms with van der Waals surface area (Å²) in [6.45, 7) is 7.97. The van der Waals surface area contributed by atoms with Crippen molar-refractivity contribution in [1.29, 1.82) is 0 Å². The monoisotopic (exact) mass is 334 g/mol. The first-order chi connectivity index (χ1) is 11.5. The third-order valence-electron chi connectivity index (χ3n) is 3.83. The number of carbonyl (C=O) groups excluding carboxylic acids is 1. The molecule has 2 aromatic rings. The molecule has 7 heteroatoms. The fraction of sp³-hybridized carbons (Fsp3) is 0.588. The van der Waals surface area contributed by atoms with Crippen LogP contribution in [-0.4, -0.2) is 66.1 Å². The summed E-state index contributed by atoms with van der Waals surface area (Å²) in [7, 11) is 3.25. The van der Waals surface area contributed by atoms with Crippen LogP contribution in [0.5, 0.6) is 0 Å². The molecule has 0 aliphatic rings. The molecule has 7 nitrogen and oxygen atoms in total. The van der Waals surface area contributed by atoms with Crippen molar-refractivity contribution in [3.63, 3.8) is 0 Å². The van der Waals surface area contributed by atoms with Crippen LogP contribution >= 0.6 is 0 Å². The standard InChI is InChI=1S/C17H26N4O3/c1-12(2)21-16-15(11-18-21)14(10-13(3)19-16)17(22)20(6-8-23-4)7-9-24-5/h10-12H,6-9H2,1-5H3. The first kappa shape index (κ1) is 18.4. The van der Waals surface area contributed by atoms with Crippen LogP contribution < -0.4 is 0 Å². The van der Waals surface area contributed by atoms with Gasteiger partial charge in [-0.3, -0.25) is 4.79 Å². The van der Waals surface area contributed by atoms with Gasteiger partial charge in [-0.15, -0.1) is 0 Å². The summed E-state index contributed by atoms with van der Waals surface area (Å²) in [5.41, 5.74) is 2.16. The Morgan fingerprint density at radius 2 is 1.88 bits per heavy atom. The number of ether oxygens (including phenoxy) is 2. The summed E-state index contributed by atoms with van der Waals surface area (Å²) >= 11 is 0. The lowest BCUT2D eigenvalue weighted by atomic mass is 10.1. The van der Waals surface area contributed by atoms with Crippen molar-refractivity contribution in [3.05, 3.63) is 23.5 Å². The highest BCUT2D eigenvalue weighted by Gasteiger charge is 2.21. The van der Waals surface area contributed by atoms with E-state index in [2.05, 4.69) is 10.1 Å². The third kappa shape index (κ3) is 3.91. The van der Waals surface area contributed by atoms with E-state index in [0.717, 1.165) is 16.7 Å². The average Bonchev–Trinajstić information content (AvgIpc) is 2.97. The van der Waals surface area contributed by atoms with Gasteiger partial charge in [-0.1, -0.05) is 0 Å². The molecular weight excluding hydrogens is 308 g/mol. The Bertz CT molecular complexity index is 688. The molecule has 0 N–H and O–H groups in total. The Hall–Kier alpha value is -1.99. The number of pyridine rings is 1. The maximum absolute atomic E-state index is 13.1. The normalized spacial score (nSPS) is 11.4. The summed E-state index contributed by atoms with van der Waals surface area (Å²) in [5, 5.41) is 5.17. The number of fused-ring (bicyclic) bond motifs is 1. The van der Waals surface area contributed by atoms with Crippen LogP contribution in [0.1, 0.15) is 35.9 Å². The van der Waals surface area contributed by atoms with E-state index in [4.69, 9.17) is 9.47 Å². The molecule has 0 fully saturated rings. The molecule has 0 saturated heterocycles. The molecule has 2 rings (SSSR count). The van der Waals surface area contributed by atoms with Crippen LogP contribution in [0.25, 0.3) is 11.0 Å². The predicted octanol–water partition coefficient (Wildman–Crippen LogP) is 2.06. The largest absolute Gasteiger partial charge is 0.383 e. The number of amides is 1. The van der Waals surface area contributed by atoms with Crippen molar-refractivity contribution in [3.8, 4) is 0 Å². The molecular formula is C17H26N4O3. The molecule has 0 saturated carbocycles. The van der Waals surface area contributed by atoms with Gasteiger partial charge in [0, 0.05) is 39.0 Å². The van der Waals surface area contributed by atoms with Gasteiger partial charge in [0.15, 0.2) is 5.65 Å². The van der Waals surface area contributed by atoms with Gasteiger partial charge in [0.05, 0.1) is 30.4 Å². The second kappa shape index (κ2) is 8.21. The van der Waals surface area contributed by atoms with E-state index in [9.17, 15) is 4.79 Å². The van der Waals surface area contributed by atoms with Crippen LogP contribution in [0, 0.1) is 6.92 Å². The molecule has 24 heavy (non-hydrogen) atoms. The lowest BCUT2D eigenvalue weighted by Gasteiger charge is -2.22. The van der Waals surface area contributed by atoms with Crippen molar-refractivity contribution in [2.45, 2.75) is 26.8 Å². The third-order valence-corrected chi connectivity index (χ3v) is 3.83. The Morgan fingerprint density at radius 3 is 2.42 bits per heavy atom. The van der Waals surface area contributed by atoms with Crippen LogP contribution in [0.3, 0.4) is 0 Å². The van der Waals surface area contributed by atoms with E-state index in [1.54, 1.807) is 25.3 Å². The molecule has 0 aliphatic heterocycles. The number of nitrogens with zero attached hydrogens (tertiary/aromatic N) is 4. The molecule has 132 valence electrons. The van der Waals surface area contributed by atoms with Crippen molar-refractivity contribution < 1.29 is 14.3 Å². The van der Waals surface area contributed by atoms with Crippen molar-refractivity contribution in [1.82, 2.24) is 19.7 Å². The molecule has 0 aromatic carbocycles. The maximum atomic E-state index is 13.1. The van der Waals surface area contributed by atoms with Gasteiger partial charge < -0.3 is 14.4 Å². The summed E-state index contributed by atoms with van der Waals surface area (Å²) in [6, 6.07) is 2.00. The van der Waals surface area contributed by atoms with Gasteiger partial charge >= 0.3 is 0 Å². The average molecular weight is 334 g/mol. The SMILES string of the molecule is COCCN(CCOC)C(=O)c1cc(C)nc2c1cnn2C(C)C. The van der Waals surface area contributed by atoms with E-state index >= 15 is 0 Å². The van der Waals surface area contributed by atoms with Gasteiger partial charge in [-0.05, 0) is 26.8 Å². The fourth-order valence-corrected chi connectivity index (χ4v) is 2.59. The minimum absolute atomic E-state index is 0.0529. The van der Waals surface area contributed by atoms with Gasteiger partial charge in [0.25, 0.3) is 5.91 Å². The molecule has 0 radical (unpaired) electrons. The molecule has 0 bridgehead atoms. The van der Waals surface area contributed by atoms with Crippen LogP contribution in [0.4, 0.5) is 0 Å². The van der Waals surface area contributed by atoms with Crippen LogP contribution in [0.15, 0.2) is 12.3 Å². The number of aromatic nitrogens is 3. The lowest BCUT2D eigenvalue weighted by Crippen LogP contribution is -2.36. The number of hydrogen-bond acceptors (Lipinski definition) is 5. The Morgan fingerprint density at radius 1 is 1.25 bits per heavy atom. The molecule has 0 aliphatic carbocycles. The van der Waals surface area contributed by atoms with Crippen molar-refractivity contribution in [2.75, 3.05) is 40.5 Å². The van der Waals surface area contributed by atoms with Crippen molar-refractivity contribution >= 4 is 16.9 Å². The van der Waals surface area contributed by atoms with Crippen molar-refractivity contribution in [2.24, 2.45) is 0 Å². The Balaban J connectivity index is 2.42. The summed E-state index contributed by atoms with van der Waals surface area (Å²) < 4.78 is 12.1. The smallest absolute Gasteiger partial charge is 0.254 e. The van der Waals surface area contributed by atoms with Gasteiger partial charge in [0.2, 0.25) is 0 Å². The zero-order chi connectivity index (χ0) is 17.7. The number of rotatable bonds is 8. The fourth-order valence-electron chi connectivity index (χ4n) is 2.59. The summed E-state index contributed by atoms with van der Waals surface area (Å²) in [4.78, 5) is 19.4. The van der Waals surface area contributed by atoms with E-state index in [-0.39, 0.29) is 11.9 Å². The second-order valence-corrected chi connectivity index (χ2v) is 6.01. The van der Waals surface area contributed by atoms with E-state index in [1.807, 2.05) is 31.5 Å². The minimum Gasteiger partial charge on any atom is -0.383 e. The number of methoxy groups -OCH3 is 2. The number of carbonyl (C=O) groups is 1. The molecule has 0 spiro atoms. The second-order valence-electron chi connectivity index (χ2n) is 6.01. The summed E-state index contributed by atoms with van der Waals surface area (Å²) in [5.74, 6) is -0.0529. The Kier molecular flexibility index (Phi) is 6.28. The highest BCUT2D eigenvalue weighted by atomic mass is 16.5. The first-order valence-electron chi connectivity index (χ1n) is 8.11. The van der Waals surface area contributed by atoms with E-state index in [0.29, 0.717) is 31.9 Å². The van der Waals surface area contributed by atoms with Gasteiger partial charge in [-0.2, -0.15) is 5.10 Å². The topological polar surface area (TPSA) is 69.5 Å². The summed E-state index contributed by atoms with van der Waals surface area (Å²) in [6.07, 6.45) is 1.72. The van der Waals surface area contributed by atoms with E-state index < -0.39 is 0 Å². The Labute approximate surface area is 142 Å². The first-order valence-corrected chi connectivity index (χ1v) is 8.11. The van der Waals surface area contributed by atoms with Crippen LogP contribution in [0.2, 0.25) is 0 Å². The molecule has 2 aromatic heterocycles. The molecule has 0 unspecified atom stereocenters. The minimum atomic E-state index is -0.0529. The zero-order valence-electron chi connectivity index (χ0n) is 15.1. The number of hydrogen-bond donors (Lipinski definition) is 0.